The molecule has 8 nitrogen and oxygen atoms in total. The summed E-state index contributed by atoms with van der Waals surface area (Å²) in [6.07, 6.45) is 0. The van der Waals surface area contributed by atoms with E-state index < -0.39 is 15.6 Å². The fourth-order valence-corrected chi connectivity index (χ4v) is 0. The SMILES string of the molecule is O=P([O-])([O-])[O-].O=P([O-])([O-])[O-].[H+].[H+].[Na+]. The first-order valence-electron chi connectivity index (χ1n) is 1.46. The third kappa shape index (κ3) is 641. The summed E-state index contributed by atoms with van der Waals surface area (Å²) >= 11 is 0. The van der Waals surface area contributed by atoms with Crippen LogP contribution in [0.15, 0.2) is 0 Å². The van der Waals surface area contributed by atoms with Gasteiger partial charge in [0.1, 0.15) is 0 Å². The van der Waals surface area contributed by atoms with E-state index in [0.717, 1.165) is 0 Å². The van der Waals surface area contributed by atoms with Crippen molar-refractivity contribution in [2.75, 3.05) is 0 Å². The van der Waals surface area contributed by atoms with E-state index in [2.05, 4.69) is 0 Å². The number of phosphoric acid groups is 2. The summed E-state index contributed by atoms with van der Waals surface area (Å²) in [5, 5.41) is 0. The van der Waals surface area contributed by atoms with Gasteiger partial charge in [-0.3, -0.25) is 0 Å². The normalized spacial score (nSPS) is 10.7. The van der Waals surface area contributed by atoms with Crippen LogP contribution in [0, 0.1) is 0 Å². The predicted molar refractivity (Wildman–Crippen MR) is 17.4 cm³/mol. The Labute approximate surface area is 86.6 Å². The zero-order valence-electron chi connectivity index (χ0n) is 7.16. The van der Waals surface area contributed by atoms with Gasteiger partial charge in [0.15, 0.2) is 0 Å². The average Bonchev–Trinajstić information content (AvgIpc) is 1.12. The third-order valence-electron chi connectivity index (χ3n) is 0. The molecule has 0 radical (unpaired) electrons. The molecule has 0 saturated heterocycles. The molecule has 0 aromatic rings. The number of rotatable bonds is 0. The molecule has 0 aliphatic rings. The Kier molecular flexibility index (Phi) is 11.0. The van der Waals surface area contributed by atoms with Gasteiger partial charge in [-0.25, -0.2) is 0 Å². The average molecular weight is 215 g/mol. The second-order valence-electron chi connectivity index (χ2n) is 0.894. The van der Waals surface area contributed by atoms with Crippen molar-refractivity contribution < 1.29 is 70.9 Å². The van der Waals surface area contributed by atoms with Crippen LogP contribution in [0.3, 0.4) is 0 Å². The van der Waals surface area contributed by atoms with Crippen LogP contribution in [0.1, 0.15) is 2.85 Å². The van der Waals surface area contributed by atoms with Gasteiger partial charge in [0, 0.05) is 0 Å². The standard InChI is InChI=1S/Na.2H3O4P/c;2*1-5(2,3)4/h;2*(H3,1,2,3,4)/q+1;;/p-4. The minimum absolute atomic E-state index is 0. The van der Waals surface area contributed by atoms with Gasteiger partial charge in [0.25, 0.3) is 0 Å². The summed E-state index contributed by atoms with van der Waals surface area (Å²) in [6, 6.07) is 0. The van der Waals surface area contributed by atoms with Crippen LogP contribution in [0.2, 0.25) is 0 Å². The molecule has 0 bridgehead atoms. The van der Waals surface area contributed by atoms with Crippen molar-refractivity contribution in [1.82, 2.24) is 0 Å². The van der Waals surface area contributed by atoms with Crippen LogP contribution in [0.5, 0.6) is 0 Å². The van der Waals surface area contributed by atoms with Crippen molar-refractivity contribution in [3.8, 4) is 0 Å². The molecule has 0 unspecified atom stereocenters. The summed E-state index contributed by atoms with van der Waals surface area (Å²) in [5.41, 5.74) is 0. The van der Waals surface area contributed by atoms with Gasteiger partial charge in [0.2, 0.25) is 0 Å². The molecule has 0 rings (SSSR count). The fourth-order valence-electron chi connectivity index (χ4n) is 0. The van der Waals surface area contributed by atoms with Crippen molar-refractivity contribution in [3.05, 3.63) is 0 Å². The Morgan fingerprint density at radius 3 is 0.727 bits per heavy atom. The van der Waals surface area contributed by atoms with E-state index in [4.69, 9.17) is 38.5 Å². The molecular formula is H2NaO8P2-3. The third-order valence-corrected chi connectivity index (χ3v) is 0. The van der Waals surface area contributed by atoms with Crippen LogP contribution in [0.25, 0.3) is 0 Å². The smallest absolute Gasteiger partial charge is 0.822 e. The van der Waals surface area contributed by atoms with Crippen molar-refractivity contribution in [2.24, 2.45) is 0 Å². The first-order chi connectivity index (χ1) is 4.00. The van der Waals surface area contributed by atoms with Gasteiger partial charge >= 0.3 is 32.4 Å². The van der Waals surface area contributed by atoms with E-state index >= 15 is 0 Å². The Hall–Kier alpha value is 1.22. The van der Waals surface area contributed by atoms with Crippen molar-refractivity contribution >= 4 is 15.6 Å². The number of hydrogen-bond donors (Lipinski definition) is 0. The predicted octanol–water partition coefficient (Wildman–Crippen LogP) is -8.42. The molecule has 0 atom stereocenters. The maximum Gasteiger partial charge on any atom is 1.00 e. The van der Waals surface area contributed by atoms with E-state index in [1.54, 1.807) is 0 Å². The molecule has 0 aromatic carbocycles. The van der Waals surface area contributed by atoms with Gasteiger partial charge in [-0.1, -0.05) is 0 Å². The summed E-state index contributed by atoms with van der Waals surface area (Å²) in [6.45, 7) is 0. The van der Waals surface area contributed by atoms with E-state index in [9.17, 15) is 0 Å². The summed E-state index contributed by atoms with van der Waals surface area (Å²) in [4.78, 5) is 51.3. The molecule has 0 saturated carbocycles. The number of hydrogen-bond acceptors (Lipinski definition) is 8. The fraction of sp³-hybridized carbons (Fsp3) is 0. The van der Waals surface area contributed by atoms with E-state index in [-0.39, 0.29) is 32.4 Å². The van der Waals surface area contributed by atoms with E-state index in [1.165, 1.54) is 0 Å². The largest absolute Gasteiger partial charge is 1.00 e. The van der Waals surface area contributed by atoms with Gasteiger partial charge in [0.05, 0.1) is 0 Å². The minimum atomic E-state index is -5.39. The van der Waals surface area contributed by atoms with Gasteiger partial charge in [-0.15, -0.1) is 0 Å². The molecule has 0 spiro atoms. The minimum Gasteiger partial charge on any atom is -0.822 e. The van der Waals surface area contributed by atoms with E-state index in [1.807, 2.05) is 0 Å². The molecule has 0 amide bonds. The van der Waals surface area contributed by atoms with Crippen LogP contribution in [-0.4, -0.2) is 0 Å². The molecule has 0 aliphatic carbocycles. The first kappa shape index (κ1) is 18.1. The van der Waals surface area contributed by atoms with Crippen molar-refractivity contribution in [3.63, 3.8) is 0 Å². The van der Waals surface area contributed by atoms with Crippen LogP contribution in [-0.2, 0) is 9.13 Å². The van der Waals surface area contributed by atoms with Crippen molar-refractivity contribution in [2.45, 2.75) is 0 Å². The zero-order valence-corrected chi connectivity index (χ0v) is 8.95. The van der Waals surface area contributed by atoms with Crippen molar-refractivity contribution in [1.29, 1.82) is 0 Å². The second kappa shape index (κ2) is 6.71. The van der Waals surface area contributed by atoms with E-state index in [0.29, 0.717) is 0 Å². The van der Waals surface area contributed by atoms with Crippen LogP contribution in [0.4, 0.5) is 0 Å². The molecule has 0 heterocycles. The molecular weight excluding hydrogens is 213 g/mol. The van der Waals surface area contributed by atoms with Gasteiger partial charge in [-0.2, -0.15) is 15.6 Å². The molecule has 0 fully saturated rings. The maximum absolute atomic E-state index is 8.55. The van der Waals surface area contributed by atoms with Crippen LogP contribution >= 0.6 is 15.6 Å². The molecule has 11 heteroatoms. The summed E-state index contributed by atoms with van der Waals surface area (Å²) in [7, 11) is -10.8. The molecule has 0 aromatic heterocycles. The zero-order chi connectivity index (χ0) is 9.00. The maximum atomic E-state index is 8.55. The molecule has 64 valence electrons. The van der Waals surface area contributed by atoms with Gasteiger partial charge < -0.3 is 38.5 Å². The second-order valence-corrected chi connectivity index (χ2v) is 2.68. The Bertz CT molecular complexity index is 132. The van der Waals surface area contributed by atoms with Crippen LogP contribution < -0.4 is 58.9 Å². The monoisotopic (exact) mass is 215 g/mol. The molecule has 0 N–H and O–H groups in total. The Balaban J connectivity index is -0.0000000267. The quantitative estimate of drug-likeness (QED) is 0.282. The summed E-state index contributed by atoms with van der Waals surface area (Å²) < 4.78 is 17.1. The summed E-state index contributed by atoms with van der Waals surface area (Å²) in [5.74, 6) is 0. The Morgan fingerprint density at radius 2 is 0.727 bits per heavy atom. The van der Waals surface area contributed by atoms with Gasteiger partial charge in [-0.05, 0) is 0 Å². The Morgan fingerprint density at radius 1 is 0.727 bits per heavy atom. The topological polar surface area (TPSA) is 172 Å². The molecule has 0 aliphatic heterocycles. The molecule has 11 heavy (non-hydrogen) atoms. The first-order valence-corrected chi connectivity index (χ1v) is 4.38.